The number of hydrogen-bond donors (Lipinski definition) is 1. The van der Waals surface area contributed by atoms with Crippen LogP contribution in [0.1, 0.15) is 32.6 Å². The molecule has 2 N–H and O–H groups in total. The Labute approximate surface area is 93.1 Å². The predicted molar refractivity (Wildman–Crippen MR) is 62.6 cm³/mol. The summed E-state index contributed by atoms with van der Waals surface area (Å²) < 4.78 is 27.8. The van der Waals surface area contributed by atoms with E-state index in [0.717, 1.165) is 12.8 Å². The van der Waals surface area contributed by atoms with E-state index < -0.39 is 9.84 Å². The van der Waals surface area contributed by atoms with Crippen molar-refractivity contribution < 1.29 is 13.2 Å². The summed E-state index contributed by atoms with van der Waals surface area (Å²) in [6.45, 7) is 2.52. The van der Waals surface area contributed by atoms with Crippen molar-refractivity contribution >= 4 is 9.84 Å². The molecular formula is C10H23NO3S. The van der Waals surface area contributed by atoms with Crippen LogP contribution in [0.25, 0.3) is 0 Å². The van der Waals surface area contributed by atoms with Gasteiger partial charge in [-0.2, -0.15) is 0 Å². The molecule has 0 spiro atoms. The number of methoxy groups -OCH3 is 1. The van der Waals surface area contributed by atoms with Crippen LogP contribution < -0.4 is 5.73 Å². The van der Waals surface area contributed by atoms with Gasteiger partial charge in [0, 0.05) is 19.8 Å². The average molecular weight is 237 g/mol. The lowest BCUT2D eigenvalue weighted by molar-refractivity contribution is 0.199. The third kappa shape index (κ3) is 8.84. The molecule has 5 heteroatoms. The average Bonchev–Trinajstić information content (AvgIpc) is 2.17. The van der Waals surface area contributed by atoms with Gasteiger partial charge in [0.25, 0.3) is 0 Å². The Morgan fingerprint density at radius 3 is 2.40 bits per heavy atom. The molecule has 0 heterocycles. The molecule has 0 saturated heterocycles. The molecule has 1 atom stereocenters. The van der Waals surface area contributed by atoms with Crippen LogP contribution in [0.3, 0.4) is 0 Å². The van der Waals surface area contributed by atoms with Gasteiger partial charge in [0.05, 0.1) is 11.5 Å². The van der Waals surface area contributed by atoms with Gasteiger partial charge in [0.1, 0.15) is 9.84 Å². The Kier molecular flexibility index (Phi) is 8.00. The quantitative estimate of drug-likeness (QED) is 0.606. The van der Waals surface area contributed by atoms with Crippen LogP contribution in [0.4, 0.5) is 0 Å². The minimum absolute atomic E-state index is 0.138. The van der Waals surface area contributed by atoms with Crippen LogP contribution in [0.2, 0.25) is 0 Å². The Morgan fingerprint density at radius 1 is 1.27 bits per heavy atom. The lowest BCUT2D eigenvalue weighted by atomic mass is 10.1. The molecule has 0 fully saturated rings. The van der Waals surface area contributed by atoms with Gasteiger partial charge in [-0.3, -0.25) is 0 Å². The minimum atomic E-state index is -2.89. The summed E-state index contributed by atoms with van der Waals surface area (Å²) in [5.74, 6) is 0.479. The van der Waals surface area contributed by atoms with Gasteiger partial charge < -0.3 is 10.5 Å². The Hall–Kier alpha value is -0.130. The van der Waals surface area contributed by atoms with E-state index in [1.165, 1.54) is 0 Å². The standard InChI is InChI=1S/C10H23NO3S/c1-3-10(11)6-4-8-15(12,13)9-5-7-14-2/h10H,3-9,11H2,1-2H3. The van der Waals surface area contributed by atoms with Crippen molar-refractivity contribution in [1.29, 1.82) is 0 Å². The maximum atomic E-state index is 11.5. The van der Waals surface area contributed by atoms with Crippen LogP contribution in [0.15, 0.2) is 0 Å². The number of rotatable bonds is 9. The maximum absolute atomic E-state index is 11.5. The molecule has 0 bridgehead atoms. The highest BCUT2D eigenvalue weighted by atomic mass is 32.2. The highest BCUT2D eigenvalue weighted by Gasteiger charge is 2.10. The van der Waals surface area contributed by atoms with Crippen LogP contribution in [-0.2, 0) is 14.6 Å². The van der Waals surface area contributed by atoms with Gasteiger partial charge in [-0.25, -0.2) is 8.42 Å². The molecule has 0 aromatic heterocycles. The van der Waals surface area contributed by atoms with E-state index in [-0.39, 0.29) is 17.5 Å². The molecule has 0 aromatic carbocycles. The topological polar surface area (TPSA) is 69.4 Å². The fourth-order valence-corrected chi connectivity index (χ4v) is 2.66. The third-order valence-corrected chi connectivity index (χ3v) is 4.18. The molecular weight excluding hydrogens is 214 g/mol. The molecule has 15 heavy (non-hydrogen) atoms. The SMILES string of the molecule is CCC(N)CCCS(=O)(=O)CCCOC. The van der Waals surface area contributed by atoms with Gasteiger partial charge in [-0.1, -0.05) is 6.92 Å². The Bertz CT molecular complexity index is 239. The third-order valence-electron chi connectivity index (χ3n) is 2.36. The summed E-state index contributed by atoms with van der Waals surface area (Å²) >= 11 is 0. The van der Waals surface area contributed by atoms with E-state index >= 15 is 0 Å². The molecule has 0 aliphatic rings. The van der Waals surface area contributed by atoms with Crippen molar-refractivity contribution in [2.75, 3.05) is 25.2 Å². The highest BCUT2D eigenvalue weighted by Crippen LogP contribution is 2.03. The van der Waals surface area contributed by atoms with Crippen molar-refractivity contribution in [3.05, 3.63) is 0 Å². The molecule has 92 valence electrons. The zero-order valence-electron chi connectivity index (χ0n) is 9.74. The molecule has 0 saturated carbocycles. The molecule has 0 aliphatic heterocycles. The van der Waals surface area contributed by atoms with E-state index in [1.54, 1.807) is 7.11 Å². The molecule has 4 nitrogen and oxygen atoms in total. The smallest absolute Gasteiger partial charge is 0.150 e. The fraction of sp³-hybridized carbons (Fsp3) is 1.00. The molecule has 0 aliphatic carbocycles. The molecule has 1 unspecified atom stereocenters. The van der Waals surface area contributed by atoms with E-state index in [2.05, 4.69) is 0 Å². The lowest BCUT2D eigenvalue weighted by Crippen LogP contribution is -2.20. The zero-order chi connectivity index (χ0) is 11.7. The van der Waals surface area contributed by atoms with E-state index in [0.29, 0.717) is 19.4 Å². The zero-order valence-corrected chi connectivity index (χ0v) is 10.6. The van der Waals surface area contributed by atoms with Gasteiger partial charge in [-0.15, -0.1) is 0 Å². The molecule has 0 aromatic rings. The Morgan fingerprint density at radius 2 is 1.87 bits per heavy atom. The van der Waals surface area contributed by atoms with E-state index in [9.17, 15) is 8.42 Å². The maximum Gasteiger partial charge on any atom is 0.150 e. The summed E-state index contributed by atoms with van der Waals surface area (Å²) in [4.78, 5) is 0. The van der Waals surface area contributed by atoms with Gasteiger partial charge in [0.15, 0.2) is 0 Å². The monoisotopic (exact) mass is 237 g/mol. The fourth-order valence-electron chi connectivity index (χ4n) is 1.29. The summed E-state index contributed by atoms with van der Waals surface area (Å²) in [6.07, 6.45) is 2.95. The summed E-state index contributed by atoms with van der Waals surface area (Å²) in [5.41, 5.74) is 5.71. The molecule has 0 radical (unpaired) electrons. The predicted octanol–water partition coefficient (Wildman–Crippen LogP) is 0.955. The number of sulfone groups is 1. The van der Waals surface area contributed by atoms with Crippen molar-refractivity contribution in [1.82, 2.24) is 0 Å². The van der Waals surface area contributed by atoms with Crippen molar-refractivity contribution in [3.8, 4) is 0 Å². The van der Waals surface area contributed by atoms with Crippen molar-refractivity contribution in [2.24, 2.45) is 5.73 Å². The first kappa shape index (κ1) is 14.9. The van der Waals surface area contributed by atoms with Crippen molar-refractivity contribution in [2.45, 2.75) is 38.6 Å². The van der Waals surface area contributed by atoms with Crippen LogP contribution >= 0.6 is 0 Å². The second-order valence-electron chi connectivity index (χ2n) is 3.81. The first-order chi connectivity index (χ1) is 7.02. The second kappa shape index (κ2) is 8.07. The number of ether oxygens (including phenoxy) is 1. The number of nitrogens with two attached hydrogens (primary N) is 1. The van der Waals surface area contributed by atoms with E-state index in [4.69, 9.17) is 10.5 Å². The first-order valence-electron chi connectivity index (χ1n) is 5.46. The number of hydrogen-bond acceptors (Lipinski definition) is 4. The van der Waals surface area contributed by atoms with Crippen molar-refractivity contribution in [3.63, 3.8) is 0 Å². The first-order valence-corrected chi connectivity index (χ1v) is 7.29. The lowest BCUT2D eigenvalue weighted by Gasteiger charge is -2.08. The van der Waals surface area contributed by atoms with Gasteiger partial charge in [0.2, 0.25) is 0 Å². The van der Waals surface area contributed by atoms with Crippen LogP contribution in [-0.4, -0.2) is 39.7 Å². The summed E-state index contributed by atoms with van der Waals surface area (Å²) in [7, 11) is -1.32. The van der Waals surface area contributed by atoms with E-state index in [1.807, 2.05) is 6.92 Å². The van der Waals surface area contributed by atoms with Crippen LogP contribution in [0.5, 0.6) is 0 Å². The summed E-state index contributed by atoms with van der Waals surface area (Å²) in [6, 6.07) is 0.138. The molecule has 0 rings (SSSR count). The molecule has 0 amide bonds. The van der Waals surface area contributed by atoms with Crippen LogP contribution in [0, 0.1) is 0 Å². The minimum Gasteiger partial charge on any atom is -0.385 e. The Balaban J connectivity index is 3.65. The highest BCUT2D eigenvalue weighted by molar-refractivity contribution is 7.91. The largest absolute Gasteiger partial charge is 0.385 e. The van der Waals surface area contributed by atoms with Gasteiger partial charge >= 0.3 is 0 Å². The van der Waals surface area contributed by atoms with Gasteiger partial charge in [-0.05, 0) is 25.7 Å². The normalized spacial score (nSPS) is 14.1. The second-order valence-corrected chi connectivity index (χ2v) is 6.11. The summed E-state index contributed by atoms with van der Waals surface area (Å²) in [5, 5.41) is 0.